The average molecular weight is 557 g/mol. The second-order valence-corrected chi connectivity index (χ2v) is 25.0. The molecule has 0 saturated heterocycles. The first-order valence-corrected chi connectivity index (χ1v) is 20.8. The van der Waals surface area contributed by atoms with E-state index in [2.05, 4.69) is 104 Å². The summed E-state index contributed by atoms with van der Waals surface area (Å²) in [5.41, 5.74) is 2.95. The Morgan fingerprint density at radius 1 is 0.622 bits per heavy atom. The van der Waals surface area contributed by atoms with Gasteiger partial charge in [-0.05, 0) is 131 Å². The van der Waals surface area contributed by atoms with Crippen molar-refractivity contribution in [3.63, 3.8) is 0 Å². The molecule has 0 amide bonds. The topological polar surface area (TPSA) is 0 Å². The lowest BCUT2D eigenvalue weighted by Gasteiger charge is -2.50. The Bertz CT molecular complexity index is 893. The molecule has 0 N–H and O–H groups in total. The van der Waals surface area contributed by atoms with Crippen LogP contribution in [0.4, 0.5) is 0 Å². The second-order valence-electron chi connectivity index (χ2n) is 17.2. The average Bonchev–Trinajstić information content (AvgIpc) is 3.49. The lowest BCUT2D eigenvalue weighted by atomic mass is 9.62. The fraction of sp³-hybridized carbons (Fsp3) is 0.882. The molecule has 0 bridgehead atoms. The van der Waals surface area contributed by atoms with Crippen LogP contribution in [0.25, 0.3) is 0 Å². The molecule has 10 unspecified atom stereocenters. The van der Waals surface area contributed by atoms with Crippen molar-refractivity contribution >= 4 is 31.6 Å². The molecule has 2 aliphatic heterocycles. The van der Waals surface area contributed by atoms with E-state index in [0.29, 0.717) is 10.8 Å². The van der Waals surface area contributed by atoms with Crippen LogP contribution in [0.15, 0.2) is 22.0 Å². The van der Waals surface area contributed by atoms with E-state index in [9.17, 15) is 0 Å². The lowest BCUT2D eigenvalue weighted by Crippen LogP contribution is -2.49. The van der Waals surface area contributed by atoms with Crippen molar-refractivity contribution in [2.45, 2.75) is 129 Å². The quantitative estimate of drug-likeness (QED) is 0.310. The normalized spacial score (nSPS) is 47.7. The molecule has 6 aliphatic rings. The van der Waals surface area contributed by atoms with Gasteiger partial charge in [-0.2, -0.15) is 0 Å². The first-order valence-electron chi connectivity index (χ1n) is 15.9. The molecule has 2 heterocycles. The van der Waals surface area contributed by atoms with Gasteiger partial charge < -0.3 is 0 Å². The highest BCUT2D eigenvalue weighted by Crippen LogP contribution is 2.72. The molecule has 0 nitrogen and oxygen atoms in total. The van der Waals surface area contributed by atoms with Crippen LogP contribution in [-0.2, 0) is 0 Å². The number of rotatable bonds is 2. The predicted octanol–water partition coefficient (Wildman–Crippen LogP) is 10.9. The minimum atomic E-state index is -1.57. The van der Waals surface area contributed by atoms with Crippen LogP contribution in [0.2, 0.25) is 24.2 Å². The Hall–Kier alpha value is 0.397. The summed E-state index contributed by atoms with van der Waals surface area (Å²) in [7, 11) is -1.57. The van der Waals surface area contributed by atoms with Crippen molar-refractivity contribution in [1.82, 2.24) is 0 Å². The second kappa shape index (κ2) is 9.20. The highest BCUT2D eigenvalue weighted by molar-refractivity contribution is 8.05. The molecular weight excluding hydrogens is 501 g/mol. The van der Waals surface area contributed by atoms with Crippen LogP contribution < -0.4 is 0 Å². The standard InChI is InChI=1S/C34H56S2Si/c1-19-15-25-26-16-20(2)36-30(26)32(29(25)35-19)37(9,10)31-27-17-21(33(3,4)5)11-13-23(27)24-14-12-22(18-28(24)31)34(6,7)8/h15-16,21-32H,11-14,17-18H2,1-10H3. The molecule has 0 aromatic rings. The highest BCUT2D eigenvalue weighted by atomic mass is 32.2. The van der Waals surface area contributed by atoms with Gasteiger partial charge in [0.2, 0.25) is 0 Å². The van der Waals surface area contributed by atoms with Gasteiger partial charge in [0.05, 0.1) is 8.07 Å². The van der Waals surface area contributed by atoms with E-state index >= 15 is 0 Å². The molecular formula is C34H56S2Si. The minimum Gasteiger partial charge on any atom is -0.127 e. The van der Waals surface area contributed by atoms with Gasteiger partial charge in [-0.3, -0.25) is 0 Å². The van der Waals surface area contributed by atoms with E-state index in [-0.39, 0.29) is 0 Å². The number of fused-ring (bicyclic) bond motifs is 6. The summed E-state index contributed by atoms with van der Waals surface area (Å²) in [4.78, 5) is 3.26. The Morgan fingerprint density at radius 3 is 1.41 bits per heavy atom. The summed E-state index contributed by atoms with van der Waals surface area (Å²) in [6.07, 6.45) is 14.6. The highest BCUT2D eigenvalue weighted by Gasteiger charge is 2.65. The first kappa shape index (κ1) is 27.6. The fourth-order valence-corrected chi connectivity index (χ4v) is 22.2. The van der Waals surface area contributed by atoms with Crippen LogP contribution in [0, 0.1) is 58.2 Å². The van der Waals surface area contributed by atoms with Gasteiger partial charge in [0.15, 0.2) is 0 Å². The van der Waals surface area contributed by atoms with Crippen LogP contribution in [0.1, 0.15) is 93.9 Å². The van der Waals surface area contributed by atoms with Gasteiger partial charge in [0, 0.05) is 10.5 Å². The van der Waals surface area contributed by atoms with Crippen molar-refractivity contribution in [3.05, 3.63) is 22.0 Å². The number of hydrogen-bond acceptors (Lipinski definition) is 2. The maximum atomic E-state index is 2.94. The molecule has 0 radical (unpaired) electrons. The first-order chi connectivity index (χ1) is 17.2. The third kappa shape index (κ3) is 4.45. The van der Waals surface area contributed by atoms with Gasteiger partial charge in [0.1, 0.15) is 0 Å². The Balaban J connectivity index is 1.39. The van der Waals surface area contributed by atoms with Crippen LogP contribution in [-0.4, -0.2) is 18.6 Å². The zero-order valence-corrected chi connectivity index (χ0v) is 28.3. The van der Waals surface area contributed by atoms with Gasteiger partial charge in [0.25, 0.3) is 0 Å². The molecule has 208 valence electrons. The number of thioether (sulfide) groups is 2. The van der Waals surface area contributed by atoms with E-state index < -0.39 is 8.07 Å². The summed E-state index contributed by atoms with van der Waals surface area (Å²) >= 11 is 4.62. The Labute approximate surface area is 239 Å². The van der Waals surface area contributed by atoms with Crippen molar-refractivity contribution < 1.29 is 0 Å². The summed E-state index contributed by atoms with van der Waals surface area (Å²) in [6.45, 7) is 26.0. The summed E-state index contributed by atoms with van der Waals surface area (Å²) < 4.78 is 0. The van der Waals surface area contributed by atoms with Crippen LogP contribution in [0.3, 0.4) is 0 Å². The van der Waals surface area contributed by atoms with Crippen LogP contribution in [0.5, 0.6) is 0 Å². The number of hydrogen-bond donors (Lipinski definition) is 0. The van der Waals surface area contributed by atoms with Gasteiger partial charge in [-0.15, -0.1) is 23.5 Å². The van der Waals surface area contributed by atoms with Gasteiger partial charge in [-0.25, -0.2) is 0 Å². The molecule has 6 rings (SSSR count). The Morgan fingerprint density at radius 2 is 1.03 bits per heavy atom. The molecule has 10 atom stereocenters. The minimum absolute atomic E-state index is 0.469. The predicted molar refractivity (Wildman–Crippen MR) is 170 cm³/mol. The molecule has 4 fully saturated rings. The fourth-order valence-electron chi connectivity index (χ4n) is 11.3. The maximum absolute atomic E-state index is 2.94. The molecule has 4 saturated carbocycles. The molecule has 0 spiro atoms. The zero-order chi connectivity index (χ0) is 26.7. The third-order valence-electron chi connectivity index (χ3n) is 13.0. The van der Waals surface area contributed by atoms with E-state index in [1.54, 1.807) is 35.5 Å². The molecule has 3 heteroatoms. The summed E-state index contributed by atoms with van der Waals surface area (Å²) in [5, 5.41) is 1.74. The van der Waals surface area contributed by atoms with Crippen molar-refractivity contribution in [2.75, 3.05) is 0 Å². The maximum Gasteiger partial charge on any atom is 0.0566 e. The van der Waals surface area contributed by atoms with Crippen molar-refractivity contribution in [1.29, 1.82) is 0 Å². The van der Waals surface area contributed by atoms with E-state index in [4.69, 9.17) is 0 Å². The summed E-state index contributed by atoms with van der Waals surface area (Å²) in [5.74, 6) is 7.61. The zero-order valence-electron chi connectivity index (χ0n) is 25.6. The van der Waals surface area contributed by atoms with Crippen LogP contribution >= 0.6 is 23.5 Å². The monoisotopic (exact) mass is 556 g/mol. The molecule has 37 heavy (non-hydrogen) atoms. The van der Waals surface area contributed by atoms with E-state index in [1.807, 2.05) is 0 Å². The van der Waals surface area contributed by atoms with Gasteiger partial charge in [-0.1, -0.05) is 66.8 Å². The van der Waals surface area contributed by atoms with Gasteiger partial charge >= 0.3 is 0 Å². The molecule has 0 aromatic heterocycles. The molecule has 4 aliphatic carbocycles. The van der Waals surface area contributed by atoms with E-state index in [1.165, 1.54) is 12.8 Å². The summed E-state index contributed by atoms with van der Waals surface area (Å²) in [6, 6.07) is 0. The van der Waals surface area contributed by atoms with Crippen molar-refractivity contribution in [3.8, 4) is 0 Å². The molecule has 0 aromatic carbocycles. The third-order valence-corrected chi connectivity index (χ3v) is 21.2. The van der Waals surface area contributed by atoms with Crippen molar-refractivity contribution in [2.24, 2.45) is 58.2 Å². The SMILES string of the molecule is CC1=CC2C3C=C(C)SC3C([Si](C)(C)C3C4CC(C(C)(C)C)CCC4C4CCC(C(C)(C)C)CC43)C2S1. The van der Waals surface area contributed by atoms with E-state index in [0.717, 1.165) is 68.9 Å². The Kier molecular flexibility index (Phi) is 6.85. The number of allylic oxidation sites excluding steroid dienone is 4. The lowest BCUT2D eigenvalue weighted by molar-refractivity contribution is 0.0722. The smallest absolute Gasteiger partial charge is 0.0566 e. The largest absolute Gasteiger partial charge is 0.127 e.